The zero-order valence-electron chi connectivity index (χ0n) is 15.2. The Morgan fingerprint density at radius 3 is 2.68 bits per heavy atom. The highest BCUT2D eigenvalue weighted by molar-refractivity contribution is 6.28. The lowest BCUT2D eigenvalue weighted by atomic mass is 9.86. The van der Waals surface area contributed by atoms with Crippen LogP contribution in [0.4, 0.5) is 11.4 Å². The normalized spacial score (nSPS) is 15.6. The molecule has 1 aliphatic heterocycles. The molecular formula is C21H19N3O4. The molecule has 5 rings (SSSR count). The van der Waals surface area contributed by atoms with Crippen molar-refractivity contribution in [1.82, 2.24) is 5.16 Å². The predicted octanol–water partition coefficient (Wildman–Crippen LogP) is 3.53. The van der Waals surface area contributed by atoms with Crippen molar-refractivity contribution >= 4 is 34.0 Å². The fourth-order valence-electron chi connectivity index (χ4n) is 4.23. The summed E-state index contributed by atoms with van der Waals surface area (Å²) in [6, 6.07) is 9.14. The Bertz CT molecular complexity index is 1110. The van der Waals surface area contributed by atoms with E-state index in [1.807, 2.05) is 24.3 Å². The molecule has 7 heteroatoms. The van der Waals surface area contributed by atoms with Gasteiger partial charge in [0.15, 0.2) is 11.5 Å². The molecule has 0 bridgehead atoms. The molecule has 0 radical (unpaired) electrons. The minimum Gasteiger partial charge on any atom is -0.480 e. The number of fused-ring (bicyclic) bond motifs is 2. The molecule has 2 N–H and O–H groups in total. The molecular weight excluding hydrogens is 358 g/mol. The van der Waals surface area contributed by atoms with Crippen molar-refractivity contribution in [3.63, 3.8) is 0 Å². The second kappa shape index (κ2) is 6.37. The third-order valence-corrected chi connectivity index (χ3v) is 5.51. The maximum Gasteiger partial charge on any atom is 0.322 e. The number of carbonyl (C=O) groups is 2. The van der Waals surface area contributed by atoms with Gasteiger partial charge in [0, 0.05) is 29.9 Å². The van der Waals surface area contributed by atoms with E-state index in [1.54, 1.807) is 6.07 Å². The Hall–Kier alpha value is -3.35. The van der Waals surface area contributed by atoms with Crippen molar-refractivity contribution < 1.29 is 19.2 Å². The molecule has 2 aliphatic rings. The number of carboxylic acids is 1. The summed E-state index contributed by atoms with van der Waals surface area (Å²) in [6.45, 7) is 1.53. The molecule has 2 heterocycles. The van der Waals surface area contributed by atoms with E-state index in [4.69, 9.17) is 9.63 Å². The molecule has 0 unspecified atom stereocenters. The van der Waals surface area contributed by atoms with Crippen molar-refractivity contribution in [2.45, 2.75) is 19.3 Å². The Labute approximate surface area is 160 Å². The number of anilines is 2. The van der Waals surface area contributed by atoms with Crippen molar-refractivity contribution in [1.29, 1.82) is 0 Å². The van der Waals surface area contributed by atoms with Crippen LogP contribution in [0.1, 0.15) is 35.2 Å². The van der Waals surface area contributed by atoms with E-state index in [0.29, 0.717) is 33.5 Å². The number of aromatic nitrogens is 1. The molecule has 1 saturated heterocycles. The standard InChI is InChI=1S/C21H19N3O4/c25-16(26)11-22-14-10-15(24-8-4-1-5-9-24)19-18-17(14)20(27)12-6-2-3-7-13(12)21(18)28-23-19/h2-3,6-7,10,22H,1,4-5,8-9,11H2,(H,25,26). The monoisotopic (exact) mass is 377 g/mol. The van der Waals surface area contributed by atoms with Crippen LogP contribution in [0.15, 0.2) is 34.9 Å². The fourth-order valence-corrected chi connectivity index (χ4v) is 4.23. The van der Waals surface area contributed by atoms with Crippen LogP contribution in [0.3, 0.4) is 0 Å². The molecule has 0 atom stereocenters. The smallest absolute Gasteiger partial charge is 0.322 e. The van der Waals surface area contributed by atoms with Gasteiger partial charge >= 0.3 is 5.97 Å². The number of piperidine rings is 1. The van der Waals surface area contributed by atoms with E-state index in [-0.39, 0.29) is 12.3 Å². The lowest BCUT2D eigenvalue weighted by Crippen LogP contribution is -2.30. The largest absolute Gasteiger partial charge is 0.480 e. The number of ketones is 1. The van der Waals surface area contributed by atoms with Crippen LogP contribution < -0.4 is 10.2 Å². The van der Waals surface area contributed by atoms with Gasteiger partial charge < -0.3 is 19.8 Å². The summed E-state index contributed by atoms with van der Waals surface area (Å²) in [4.78, 5) is 26.7. The summed E-state index contributed by atoms with van der Waals surface area (Å²) in [6.07, 6.45) is 3.37. The number of nitrogens with one attached hydrogen (secondary N) is 1. The third kappa shape index (κ3) is 2.46. The number of hydrogen-bond acceptors (Lipinski definition) is 6. The molecule has 3 aromatic rings. The summed E-state index contributed by atoms with van der Waals surface area (Å²) in [5.74, 6) is -0.562. The minimum absolute atomic E-state index is 0.144. The van der Waals surface area contributed by atoms with Crippen LogP contribution in [-0.4, -0.2) is 41.7 Å². The Morgan fingerprint density at radius 2 is 1.93 bits per heavy atom. The number of hydrogen-bond donors (Lipinski definition) is 2. The SMILES string of the molecule is O=C(O)CNc1cc(N2CCCCC2)c2noc3c2c1C(=O)c1ccccc1-3. The van der Waals surface area contributed by atoms with Crippen LogP contribution in [0.25, 0.3) is 22.2 Å². The van der Waals surface area contributed by atoms with Gasteiger partial charge in [-0.2, -0.15) is 0 Å². The average Bonchev–Trinajstić information content (AvgIpc) is 3.16. The molecule has 1 aromatic heterocycles. The van der Waals surface area contributed by atoms with E-state index in [9.17, 15) is 9.59 Å². The maximum atomic E-state index is 13.3. The molecule has 1 aliphatic carbocycles. The van der Waals surface area contributed by atoms with Crippen LogP contribution >= 0.6 is 0 Å². The van der Waals surface area contributed by atoms with Crippen molar-refractivity contribution in [3.8, 4) is 11.3 Å². The van der Waals surface area contributed by atoms with E-state index in [0.717, 1.165) is 37.2 Å². The molecule has 0 spiro atoms. The number of carbonyl (C=O) groups excluding carboxylic acids is 1. The summed E-state index contributed by atoms with van der Waals surface area (Å²) >= 11 is 0. The Balaban J connectivity index is 1.78. The lowest BCUT2D eigenvalue weighted by Gasteiger charge is -2.30. The quantitative estimate of drug-likeness (QED) is 0.562. The van der Waals surface area contributed by atoms with Gasteiger partial charge in [0.1, 0.15) is 12.1 Å². The molecule has 1 fully saturated rings. The van der Waals surface area contributed by atoms with Crippen molar-refractivity contribution in [2.75, 3.05) is 29.9 Å². The van der Waals surface area contributed by atoms with Gasteiger partial charge in [0.2, 0.25) is 0 Å². The zero-order valence-corrected chi connectivity index (χ0v) is 15.2. The molecule has 2 aromatic carbocycles. The number of carboxylic acid groups (broad SMARTS) is 1. The first-order chi connectivity index (χ1) is 13.6. The van der Waals surface area contributed by atoms with Gasteiger partial charge in [-0.3, -0.25) is 9.59 Å². The Kier molecular flexibility index (Phi) is 3.82. The molecule has 0 saturated carbocycles. The topological polar surface area (TPSA) is 95.7 Å². The first-order valence-corrected chi connectivity index (χ1v) is 9.46. The van der Waals surface area contributed by atoms with Gasteiger partial charge in [-0.25, -0.2) is 0 Å². The minimum atomic E-state index is -0.985. The van der Waals surface area contributed by atoms with Gasteiger partial charge in [0.25, 0.3) is 0 Å². The molecule has 0 amide bonds. The fraction of sp³-hybridized carbons (Fsp3) is 0.286. The highest BCUT2D eigenvalue weighted by Gasteiger charge is 2.33. The summed E-state index contributed by atoms with van der Waals surface area (Å²) in [7, 11) is 0. The molecule has 142 valence electrons. The van der Waals surface area contributed by atoms with Crippen LogP contribution in [0, 0.1) is 0 Å². The van der Waals surface area contributed by atoms with Gasteiger partial charge in [0.05, 0.1) is 16.6 Å². The van der Waals surface area contributed by atoms with Crippen LogP contribution in [0.2, 0.25) is 0 Å². The number of rotatable bonds is 4. The second-order valence-corrected chi connectivity index (χ2v) is 7.22. The van der Waals surface area contributed by atoms with Crippen LogP contribution in [0.5, 0.6) is 0 Å². The van der Waals surface area contributed by atoms with Crippen LogP contribution in [-0.2, 0) is 4.79 Å². The van der Waals surface area contributed by atoms with Crippen molar-refractivity contribution in [2.24, 2.45) is 0 Å². The van der Waals surface area contributed by atoms with Gasteiger partial charge in [-0.15, -0.1) is 0 Å². The maximum absolute atomic E-state index is 13.3. The number of nitrogens with zero attached hydrogens (tertiary/aromatic N) is 2. The second-order valence-electron chi connectivity index (χ2n) is 7.22. The highest BCUT2D eigenvalue weighted by Crippen LogP contribution is 2.46. The van der Waals surface area contributed by atoms with Gasteiger partial charge in [-0.05, 0) is 25.3 Å². The summed E-state index contributed by atoms with van der Waals surface area (Å²) < 4.78 is 5.71. The number of benzene rings is 2. The molecule has 7 nitrogen and oxygen atoms in total. The Morgan fingerprint density at radius 1 is 1.18 bits per heavy atom. The average molecular weight is 377 g/mol. The van der Waals surface area contributed by atoms with E-state index < -0.39 is 5.97 Å². The number of aliphatic carboxylic acids is 1. The van der Waals surface area contributed by atoms with E-state index >= 15 is 0 Å². The van der Waals surface area contributed by atoms with Gasteiger partial charge in [-0.1, -0.05) is 29.4 Å². The predicted molar refractivity (Wildman–Crippen MR) is 105 cm³/mol. The third-order valence-electron chi connectivity index (χ3n) is 5.51. The summed E-state index contributed by atoms with van der Waals surface area (Å²) in [5.41, 5.74) is 3.76. The first-order valence-electron chi connectivity index (χ1n) is 9.46. The van der Waals surface area contributed by atoms with Crippen molar-refractivity contribution in [3.05, 3.63) is 41.5 Å². The summed E-state index contributed by atoms with van der Waals surface area (Å²) in [5, 5.41) is 17.1. The first kappa shape index (κ1) is 16.8. The molecule has 28 heavy (non-hydrogen) atoms. The zero-order chi connectivity index (χ0) is 19.3. The lowest BCUT2D eigenvalue weighted by molar-refractivity contribution is -0.134. The highest BCUT2D eigenvalue weighted by atomic mass is 16.5. The van der Waals surface area contributed by atoms with E-state index in [2.05, 4.69) is 15.4 Å². The van der Waals surface area contributed by atoms with E-state index in [1.165, 1.54) is 6.42 Å².